The summed E-state index contributed by atoms with van der Waals surface area (Å²) in [6, 6.07) is 1.54. The predicted molar refractivity (Wildman–Crippen MR) is 86.1 cm³/mol. The minimum Gasteiger partial charge on any atom is -0.412 e. The summed E-state index contributed by atoms with van der Waals surface area (Å²) in [4.78, 5) is 13.9. The van der Waals surface area contributed by atoms with E-state index in [4.69, 9.17) is 4.42 Å². The molecular formula is C14H16N4O4S2. The Morgan fingerprint density at radius 2 is 2.04 bits per heavy atom. The molecule has 1 amide bonds. The fourth-order valence-corrected chi connectivity index (χ4v) is 5.01. The minimum atomic E-state index is -3.50. The summed E-state index contributed by atoms with van der Waals surface area (Å²) in [6.45, 7) is 1.40. The van der Waals surface area contributed by atoms with Crippen molar-refractivity contribution in [3.8, 4) is 11.5 Å². The predicted octanol–water partition coefficient (Wildman–Crippen LogP) is 1.47. The number of rotatable bonds is 5. The van der Waals surface area contributed by atoms with E-state index in [0.29, 0.717) is 18.7 Å². The van der Waals surface area contributed by atoms with Gasteiger partial charge in [0, 0.05) is 24.5 Å². The topological polar surface area (TPSA) is 105 Å². The van der Waals surface area contributed by atoms with Gasteiger partial charge >= 0.3 is 11.8 Å². The van der Waals surface area contributed by atoms with Crippen LogP contribution < -0.4 is 4.72 Å². The van der Waals surface area contributed by atoms with Gasteiger partial charge in [0.25, 0.3) is 0 Å². The smallest absolute Gasteiger partial charge is 0.311 e. The molecule has 1 aliphatic heterocycles. The molecule has 2 aromatic rings. The Bertz CT molecular complexity index is 863. The summed E-state index contributed by atoms with van der Waals surface area (Å²) in [5, 5.41) is 9.31. The van der Waals surface area contributed by atoms with E-state index in [1.54, 1.807) is 10.3 Å². The van der Waals surface area contributed by atoms with Crippen molar-refractivity contribution < 1.29 is 17.6 Å². The van der Waals surface area contributed by atoms with Gasteiger partial charge in [-0.25, -0.2) is 13.1 Å². The third-order valence-electron chi connectivity index (χ3n) is 3.99. The summed E-state index contributed by atoms with van der Waals surface area (Å²) in [5.41, 5.74) is 0.504. The van der Waals surface area contributed by atoms with E-state index < -0.39 is 10.0 Å². The van der Waals surface area contributed by atoms with E-state index in [9.17, 15) is 13.2 Å². The third-order valence-corrected chi connectivity index (χ3v) is 6.95. The van der Waals surface area contributed by atoms with Crippen LogP contribution in [0, 0.1) is 0 Å². The zero-order valence-electron chi connectivity index (χ0n) is 12.8. The molecule has 2 fully saturated rings. The standard InChI is InChI=1S/C14H16N4O4S2/c19-14(18-5-1-2-6-18)13-16-15-12(22-13)9-7-11(23-8-9)24(20,21)17-10-3-4-10/h7-8,10,17H,1-6H2. The average Bonchev–Trinajstić information content (AvgIpc) is 3.08. The maximum absolute atomic E-state index is 12.2. The highest BCUT2D eigenvalue weighted by molar-refractivity contribution is 7.91. The lowest BCUT2D eigenvalue weighted by Gasteiger charge is -2.11. The molecule has 0 aromatic carbocycles. The summed E-state index contributed by atoms with van der Waals surface area (Å²) in [6.07, 6.45) is 3.71. The largest absolute Gasteiger partial charge is 0.412 e. The molecule has 1 saturated heterocycles. The molecule has 10 heteroatoms. The first kappa shape index (κ1) is 15.7. The number of hydrogen-bond donors (Lipinski definition) is 1. The molecule has 8 nitrogen and oxygen atoms in total. The molecule has 4 rings (SSSR count). The number of thiophene rings is 1. The van der Waals surface area contributed by atoms with Crippen LogP contribution in [0.1, 0.15) is 36.4 Å². The fraction of sp³-hybridized carbons (Fsp3) is 0.500. The van der Waals surface area contributed by atoms with Gasteiger partial charge in [-0.3, -0.25) is 4.79 Å². The Labute approximate surface area is 142 Å². The molecule has 128 valence electrons. The van der Waals surface area contributed by atoms with E-state index >= 15 is 0 Å². The van der Waals surface area contributed by atoms with Crippen LogP contribution in [0.5, 0.6) is 0 Å². The second kappa shape index (κ2) is 5.94. The number of amides is 1. The number of hydrogen-bond acceptors (Lipinski definition) is 7. The summed E-state index contributed by atoms with van der Waals surface area (Å²) < 4.78 is 32.6. The number of aromatic nitrogens is 2. The summed E-state index contributed by atoms with van der Waals surface area (Å²) >= 11 is 1.09. The van der Waals surface area contributed by atoms with Crippen LogP contribution in [0.15, 0.2) is 20.1 Å². The van der Waals surface area contributed by atoms with Crippen LogP contribution in [0.25, 0.3) is 11.5 Å². The van der Waals surface area contributed by atoms with Gasteiger partial charge in [0.2, 0.25) is 15.9 Å². The van der Waals surface area contributed by atoms with Crippen LogP contribution in [-0.2, 0) is 10.0 Å². The molecule has 1 saturated carbocycles. The van der Waals surface area contributed by atoms with Gasteiger partial charge in [0.05, 0.1) is 5.56 Å². The van der Waals surface area contributed by atoms with Crippen LogP contribution in [0.3, 0.4) is 0 Å². The van der Waals surface area contributed by atoms with Crippen molar-refractivity contribution in [2.24, 2.45) is 0 Å². The van der Waals surface area contributed by atoms with Crippen molar-refractivity contribution in [1.82, 2.24) is 19.8 Å². The van der Waals surface area contributed by atoms with Crippen LogP contribution in [0.4, 0.5) is 0 Å². The number of nitrogens with one attached hydrogen (secondary N) is 1. The fourth-order valence-electron chi connectivity index (χ4n) is 2.53. The zero-order chi connectivity index (χ0) is 16.7. The van der Waals surface area contributed by atoms with Crippen molar-refractivity contribution in [1.29, 1.82) is 0 Å². The number of sulfonamides is 1. The quantitative estimate of drug-likeness (QED) is 0.857. The second-order valence-electron chi connectivity index (χ2n) is 5.96. The second-order valence-corrected chi connectivity index (χ2v) is 8.81. The number of nitrogens with zero attached hydrogens (tertiary/aromatic N) is 3. The van der Waals surface area contributed by atoms with E-state index in [1.807, 2.05) is 0 Å². The molecule has 24 heavy (non-hydrogen) atoms. The monoisotopic (exact) mass is 368 g/mol. The molecule has 0 unspecified atom stereocenters. The molecule has 1 aliphatic carbocycles. The highest BCUT2D eigenvalue weighted by Gasteiger charge is 2.30. The first-order chi connectivity index (χ1) is 11.5. The van der Waals surface area contributed by atoms with Gasteiger partial charge < -0.3 is 9.32 Å². The highest BCUT2D eigenvalue weighted by Crippen LogP contribution is 2.30. The Balaban J connectivity index is 1.53. The Morgan fingerprint density at radius 1 is 1.29 bits per heavy atom. The van der Waals surface area contributed by atoms with Gasteiger partial charge in [0.15, 0.2) is 0 Å². The van der Waals surface area contributed by atoms with Crippen molar-refractivity contribution in [2.75, 3.05) is 13.1 Å². The molecule has 2 aliphatic rings. The Kier molecular flexibility index (Phi) is 3.89. The number of carbonyl (C=O) groups excluding carboxylic acids is 1. The number of likely N-dealkylation sites (tertiary alicyclic amines) is 1. The van der Waals surface area contributed by atoms with Crippen molar-refractivity contribution >= 4 is 27.3 Å². The lowest BCUT2D eigenvalue weighted by Crippen LogP contribution is -2.27. The van der Waals surface area contributed by atoms with Crippen molar-refractivity contribution in [3.05, 3.63) is 17.3 Å². The van der Waals surface area contributed by atoms with Crippen LogP contribution >= 0.6 is 11.3 Å². The van der Waals surface area contributed by atoms with Gasteiger partial charge in [-0.05, 0) is 31.7 Å². The zero-order valence-corrected chi connectivity index (χ0v) is 14.4. The molecule has 1 N–H and O–H groups in total. The number of carbonyl (C=O) groups is 1. The summed E-state index contributed by atoms with van der Waals surface area (Å²) in [5.74, 6) is -0.176. The van der Waals surface area contributed by atoms with Crippen molar-refractivity contribution in [3.63, 3.8) is 0 Å². The van der Waals surface area contributed by atoms with Crippen LogP contribution in [0.2, 0.25) is 0 Å². The molecule has 0 radical (unpaired) electrons. The minimum absolute atomic E-state index is 0.0497. The van der Waals surface area contributed by atoms with Crippen LogP contribution in [-0.4, -0.2) is 48.6 Å². The van der Waals surface area contributed by atoms with E-state index in [0.717, 1.165) is 37.0 Å². The van der Waals surface area contributed by atoms with E-state index in [-0.39, 0.29) is 27.9 Å². The normalized spacial score (nSPS) is 18.2. The molecule has 0 bridgehead atoms. The molecule has 0 spiro atoms. The Hall–Kier alpha value is -1.78. The summed E-state index contributed by atoms with van der Waals surface area (Å²) in [7, 11) is -3.50. The molecule has 3 heterocycles. The van der Waals surface area contributed by atoms with Gasteiger partial charge in [-0.15, -0.1) is 21.5 Å². The van der Waals surface area contributed by atoms with Gasteiger partial charge in [0.1, 0.15) is 4.21 Å². The van der Waals surface area contributed by atoms with E-state index in [1.165, 1.54) is 6.07 Å². The van der Waals surface area contributed by atoms with Crippen molar-refractivity contribution in [2.45, 2.75) is 35.9 Å². The maximum atomic E-state index is 12.2. The molecular weight excluding hydrogens is 352 g/mol. The molecule has 0 atom stereocenters. The van der Waals surface area contributed by atoms with Gasteiger partial charge in [-0.2, -0.15) is 0 Å². The van der Waals surface area contributed by atoms with Gasteiger partial charge in [-0.1, -0.05) is 0 Å². The molecule has 2 aromatic heterocycles. The average molecular weight is 368 g/mol. The third kappa shape index (κ3) is 3.08. The first-order valence-corrected chi connectivity index (χ1v) is 10.1. The lowest BCUT2D eigenvalue weighted by molar-refractivity contribution is 0.0754. The Morgan fingerprint density at radius 3 is 2.75 bits per heavy atom. The highest BCUT2D eigenvalue weighted by atomic mass is 32.2. The maximum Gasteiger partial charge on any atom is 0.311 e. The SMILES string of the molecule is O=C(c1nnc(-c2csc(S(=O)(=O)NC3CC3)c2)o1)N1CCCC1. The lowest BCUT2D eigenvalue weighted by atomic mass is 10.3. The van der Waals surface area contributed by atoms with E-state index in [2.05, 4.69) is 14.9 Å². The first-order valence-electron chi connectivity index (χ1n) is 7.77.